The Morgan fingerprint density at radius 2 is 2.00 bits per heavy atom. The summed E-state index contributed by atoms with van der Waals surface area (Å²) in [5, 5.41) is 4.55. The predicted octanol–water partition coefficient (Wildman–Crippen LogP) is 3.48. The van der Waals surface area contributed by atoms with E-state index in [1.165, 1.54) is 0 Å². The van der Waals surface area contributed by atoms with E-state index in [1.807, 2.05) is 5.32 Å². The van der Waals surface area contributed by atoms with Gasteiger partial charge in [-0.25, -0.2) is 14.0 Å². The molecule has 0 spiro atoms. The Kier molecular flexibility index (Phi) is 6.49. The molecule has 0 saturated carbocycles. The maximum atomic E-state index is 13.7. The Bertz CT molecular complexity index is 724. The van der Waals surface area contributed by atoms with Crippen LogP contribution in [0.15, 0.2) is 29.5 Å². The second kappa shape index (κ2) is 8.13. The van der Waals surface area contributed by atoms with E-state index in [0.29, 0.717) is 6.07 Å². The Morgan fingerprint density at radius 1 is 1.36 bits per heavy atom. The summed E-state index contributed by atoms with van der Waals surface area (Å²) in [7, 11) is 0. The molecule has 1 N–H and O–H groups in total. The molecule has 0 saturated heterocycles. The average molecular weight is 352 g/mol. The largest absolute Gasteiger partial charge is 0.457 e. The maximum absolute atomic E-state index is 13.7. The summed E-state index contributed by atoms with van der Waals surface area (Å²) in [5.74, 6) is -1.72. The van der Waals surface area contributed by atoms with Crippen molar-refractivity contribution in [2.45, 2.75) is 26.4 Å². The molecule has 0 heterocycles. The number of benzene rings is 1. The van der Waals surface area contributed by atoms with Crippen LogP contribution >= 0.6 is 0 Å². The van der Waals surface area contributed by atoms with Crippen molar-refractivity contribution >= 4 is 29.7 Å². The number of rotatable bonds is 6. The number of esters is 1. The molecule has 134 valence electrons. The van der Waals surface area contributed by atoms with Crippen molar-refractivity contribution in [3.8, 4) is 0 Å². The molecule has 0 bridgehead atoms. The normalized spacial score (nSPS) is 10.6. The number of nitrogens with one attached hydrogen (secondary N) is 1. The Hall–Kier alpha value is -3.10. The molecule has 9 heteroatoms. The van der Waals surface area contributed by atoms with Crippen LogP contribution in [0.1, 0.15) is 31.1 Å². The molecule has 0 radical (unpaired) electrons. The van der Waals surface area contributed by atoms with Gasteiger partial charge in [-0.2, -0.15) is 0 Å². The Labute approximate surface area is 143 Å². The zero-order chi connectivity index (χ0) is 19.2. The molecule has 0 fully saturated rings. The predicted molar refractivity (Wildman–Crippen MR) is 87.2 cm³/mol. The van der Waals surface area contributed by atoms with Crippen LogP contribution in [-0.4, -0.2) is 30.6 Å². The van der Waals surface area contributed by atoms with Gasteiger partial charge < -0.3 is 9.47 Å². The number of aldehydes is 1. The molecule has 0 aliphatic carbocycles. The summed E-state index contributed by atoms with van der Waals surface area (Å²) in [6.07, 6.45) is -0.802. The lowest BCUT2D eigenvalue weighted by Gasteiger charge is -2.20. The second-order valence-electron chi connectivity index (χ2n) is 5.91. The number of carbonyl (C=O) groups is 3. The van der Waals surface area contributed by atoms with Crippen LogP contribution in [0.5, 0.6) is 0 Å². The van der Waals surface area contributed by atoms with Gasteiger partial charge in [-0.05, 0) is 32.0 Å². The highest BCUT2D eigenvalue weighted by molar-refractivity contribution is 5.91. The minimum absolute atomic E-state index is 0.111. The van der Waals surface area contributed by atoms with Crippen molar-refractivity contribution in [3.05, 3.63) is 40.6 Å². The first-order valence-electron chi connectivity index (χ1n) is 7.04. The van der Waals surface area contributed by atoms with E-state index >= 15 is 0 Å². The first-order valence-corrected chi connectivity index (χ1v) is 7.04. The van der Waals surface area contributed by atoms with Crippen LogP contribution in [-0.2, 0) is 14.3 Å². The fourth-order valence-electron chi connectivity index (χ4n) is 1.56. The highest BCUT2D eigenvalue weighted by atomic mass is 19.1. The zero-order valence-electron chi connectivity index (χ0n) is 13.9. The number of halogens is 1. The summed E-state index contributed by atoms with van der Waals surface area (Å²) in [5.41, 5.74) is -1.83. The molecule has 25 heavy (non-hydrogen) atoms. The standard InChI is InChI=1S/C16H17FN2O6/c1-9(14(21)25-16(2,3)4)8-24-15(22)18-13-5-10(7-20)12(19-23)6-11(13)17/h5-7H,1,8H2,2-4H3,(H,18,22). The summed E-state index contributed by atoms with van der Waals surface area (Å²) >= 11 is 0. The van der Waals surface area contributed by atoms with Gasteiger partial charge in [0.05, 0.1) is 11.3 Å². The van der Waals surface area contributed by atoms with E-state index in [0.717, 1.165) is 6.07 Å². The van der Waals surface area contributed by atoms with E-state index in [4.69, 9.17) is 9.47 Å². The number of hydrogen-bond donors (Lipinski definition) is 1. The molecule has 1 aromatic carbocycles. The lowest BCUT2D eigenvalue weighted by atomic mass is 10.1. The molecule has 0 aromatic heterocycles. The van der Waals surface area contributed by atoms with Crippen molar-refractivity contribution in [1.82, 2.24) is 0 Å². The number of hydrogen-bond acceptors (Lipinski definition) is 7. The van der Waals surface area contributed by atoms with Crippen LogP contribution in [0.4, 0.5) is 20.6 Å². The average Bonchev–Trinajstić information content (AvgIpc) is 2.52. The van der Waals surface area contributed by atoms with Crippen molar-refractivity contribution in [2.75, 3.05) is 11.9 Å². The van der Waals surface area contributed by atoms with E-state index in [1.54, 1.807) is 20.8 Å². The number of carbonyl (C=O) groups excluding carboxylic acids is 3. The molecular weight excluding hydrogens is 335 g/mol. The number of amides is 1. The van der Waals surface area contributed by atoms with Crippen molar-refractivity contribution in [2.24, 2.45) is 5.18 Å². The van der Waals surface area contributed by atoms with Crippen molar-refractivity contribution < 1.29 is 28.2 Å². The van der Waals surface area contributed by atoms with Gasteiger partial charge in [0.2, 0.25) is 0 Å². The minimum atomic E-state index is -1.09. The van der Waals surface area contributed by atoms with E-state index in [-0.39, 0.29) is 23.1 Å². The van der Waals surface area contributed by atoms with E-state index in [2.05, 4.69) is 11.8 Å². The van der Waals surface area contributed by atoms with Crippen molar-refractivity contribution in [1.29, 1.82) is 0 Å². The van der Waals surface area contributed by atoms with Gasteiger partial charge in [-0.15, -0.1) is 4.91 Å². The molecule has 1 amide bonds. The molecule has 0 unspecified atom stereocenters. The van der Waals surface area contributed by atoms with Crippen LogP contribution in [0.3, 0.4) is 0 Å². The van der Waals surface area contributed by atoms with Crippen molar-refractivity contribution in [3.63, 3.8) is 0 Å². The first-order chi connectivity index (χ1) is 11.6. The molecule has 0 aliphatic heterocycles. The van der Waals surface area contributed by atoms with Crippen LogP contribution < -0.4 is 5.32 Å². The summed E-state index contributed by atoms with van der Waals surface area (Å²) in [4.78, 5) is 44.6. The fourth-order valence-corrected chi connectivity index (χ4v) is 1.56. The third kappa shape index (κ3) is 6.13. The second-order valence-corrected chi connectivity index (χ2v) is 5.91. The van der Waals surface area contributed by atoms with Gasteiger partial charge in [0.25, 0.3) is 0 Å². The lowest BCUT2D eigenvalue weighted by Crippen LogP contribution is -2.26. The highest BCUT2D eigenvalue weighted by Crippen LogP contribution is 2.25. The summed E-state index contributed by atoms with van der Waals surface area (Å²) in [6, 6.07) is 1.63. The molecule has 8 nitrogen and oxygen atoms in total. The van der Waals surface area contributed by atoms with Gasteiger partial charge in [0.1, 0.15) is 23.7 Å². The van der Waals surface area contributed by atoms with E-state index < -0.39 is 35.8 Å². The SMILES string of the molecule is C=C(COC(=O)Nc1cc(C=O)c(N=O)cc1F)C(=O)OC(C)(C)C. The third-order valence-corrected chi connectivity index (χ3v) is 2.64. The van der Waals surface area contributed by atoms with E-state index in [9.17, 15) is 23.7 Å². The third-order valence-electron chi connectivity index (χ3n) is 2.64. The topological polar surface area (TPSA) is 111 Å². The minimum Gasteiger partial charge on any atom is -0.457 e. The number of nitroso groups, excluding NO2 is 1. The Balaban J connectivity index is 2.69. The molecule has 0 atom stereocenters. The highest BCUT2D eigenvalue weighted by Gasteiger charge is 2.20. The molecule has 0 aliphatic rings. The Morgan fingerprint density at radius 3 is 2.52 bits per heavy atom. The van der Waals surface area contributed by atoms with Crippen LogP contribution in [0, 0.1) is 10.7 Å². The van der Waals surface area contributed by atoms with Crippen LogP contribution in [0.25, 0.3) is 0 Å². The maximum Gasteiger partial charge on any atom is 0.412 e. The van der Waals surface area contributed by atoms with Gasteiger partial charge >= 0.3 is 12.1 Å². The zero-order valence-corrected chi connectivity index (χ0v) is 13.9. The smallest absolute Gasteiger partial charge is 0.412 e. The molecule has 1 aromatic rings. The van der Waals surface area contributed by atoms with Gasteiger partial charge in [0.15, 0.2) is 6.29 Å². The monoisotopic (exact) mass is 352 g/mol. The summed E-state index contributed by atoms with van der Waals surface area (Å²) in [6.45, 7) is 7.95. The molecule has 1 rings (SSSR count). The fraction of sp³-hybridized carbons (Fsp3) is 0.312. The quantitative estimate of drug-likeness (QED) is 0.363. The number of anilines is 1. The molecular formula is C16H17FN2O6. The van der Waals surface area contributed by atoms with Gasteiger partial charge in [0, 0.05) is 11.6 Å². The lowest BCUT2D eigenvalue weighted by molar-refractivity contribution is -0.150. The van der Waals surface area contributed by atoms with Gasteiger partial charge in [-0.1, -0.05) is 6.58 Å². The summed E-state index contributed by atoms with van der Waals surface area (Å²) < 4.78 is 23.5. The number of nitrogens with zero attached hydrogens (tertiary/aromatic N) is 1. The first kappa shape index (κ1) is 19.9. The van der Waals surface area contributed by atoms with Gasteiger partial charge in [-0.3, -0.25) is 10.1 Å². The van der Waals surface area contributed by atoms with Crippen LogP contribution in [0.2, 0.25) is 0 Å². The number of ether oxygens (including phenoxy) is 2.